The lowest BCUT2D eigenvalue weighted by atomic mass is 10.2. The van der Waals surface area contributed by atoms with E-state index < -0.39 is 0 Å². The maximum absolute atomic E-state index is 5.97. The van der Waals surface area contributed by atoms with Gasteiger partial charge >= 0.3 is 0 Å². The summed E-state index contributed by atoms with van der Waals surface area (Å²) in [4.78, 5) is 4.18. The van der Waals surface area contributed by atoms with E-state index in [2.05, 4.69) is 9.80 Å². The highest BCUT2D eigenvalue weighted by atomic mass is 35.5. The SMILES string of the molecule is CN(C)CCN(C)c1cc(Cl)c(Cl)cc1N. The molecule has 90 valence electrons. The van der Waals surface area contributed by atoms with Crippen molar-refractivity contribution in [3.05, 3.63) is 22.2 Å². The first-order valence-electron chi connectivity index (χ1n) is 5.02. The van der Waals surface area contributed by atoms with Crippen LogP contribution < -0.4 is 10.6 Å². The molecule has 5 heteroatoms. The molecule has 1 rings (SSSR count). The topological polar surface area (TPSA) is 32.5 Å². The molecule has 1 aromatic carbocycles. The summed E-state index contributed by atoms with van der Waals surface area (Å²) in [5, 5.41) is 1.02. The van der Waals surface area contributed by atoms with Gasteiger partial charge < -0.3 is 15.5 Å². The predicted molar refractivity (Wildman–Crippen MR) is 72.7 cm³/mol. The minimum Gasteiger partial charge on any atom is -0.397 e. The number of hydrogen-bond acceptors (Lipinski definition) is 3. The van der Waals surface area contributed by atoms with Gasteiger partial charge in [0.2, 0.25) is 0 Å². The van der Waals surface area contributed by atoms with Crippen LogP contribution in [0.25, 0.3) is 0 Å². The minimum atomic E-state index is 0.490. The fourth-order valence-corrected chi connectivity index (χ4v) is 1.68. The van der Waals surface area contributed by atoms with Crippen LogP contribution in [0.3, 0.4) is 0 Å². The van der Waals surface area contributed by atoms with E-state index in [4.69, 9.17) is 28.9 Å². The van der Waals surface area contributed by atoms with E-state index in [1.54, 1.807) is 12.1 Å². The second-order valence-corrected chi connectivity index (χ2v) is 4.86. The van der Waals surface area contributed by atoms with Gasteiger partial charge in [-0.2, -0.15) is 0 Å². The van der Waals surface area contributed by atoms with Gasteiger partial charge in [-0.1, -0.05) is 23.2 Å². The summed E-state index contributed by atoms with van der Waals surface area (Å²) in [6.07, 6.45) is 0. The highest BCUT2D eigenvalue weighted by Crippen LogP contribution is 2.32. The lowest BCUT2D eigenvalue weighted by Crippen LogP contribution is -2.28. The van der Waals surface area contributed by atoms with E-state index in [1.807, 2.05) is 21.1 Å². The average molecular weight is 262 g/mol. The Morgan fingerprint density at radius 2 is 1.62 bits per heavy atom. The molecule has 0 aliphatic heterocycles. The van der Waals surface area contributed by atoms with Crippen molar-refractivity contribution < 1.29 is 0 Å². The maximum atomic E-state index is 5.97. The molecule has 0 aliphatic carbocycles. The number of nitrogen functional groups attached to an aromatic ring is 1. The summed E-state index contributed by atoms with van der Waals surface area (Å²) in [6.45, 7) is 1.84. The normalized spacial score (nSPS) is 10.9. The van der Waals surface area contributed by atoms with Crippen LogP contribution in [0.15, 0.2) is 12.1 Å². The molecule has 0 radical (unpaired) electrons. The molecular weight excluding hydrogens is 245 g/mol. The fourth-order valence-electron chi connectivity index (χ4n) is 1.35. The molecule has 1 aromatic rings. The number of nitrogens with two attached hydrogens (primary N) is 1. The van der Waals surface area contributed by atoms with Crippen molar-refractivity contribution in [2.24, 2.45) is 0 Å². The summed E-state index contributed by atoms with van der Waals surface area (Å²) < 4.78 is 0. The predicted octanol–water partition coefficient (Wildman–Crippen LogP) is 2.57. The van der Waals surface area contributed by atoms with Crippen molar-refractivity contribution in [2.45, 2.75) is 0 Å². The molecule has 0 aromatic heterocycles. The Balaban J connectivity index is 2.82. The van der Waals surface area contributed by atoms with E-state index in [1.165, 1.54) is 0 Å². The molecule has 0 saturated heterocycles. The first kappa shape index (κ1) is 13.4. The van der Waals surface area contributed by atoms with Gasteiger partial charge in [0.15, 0.2) is 0 Å². The molecule has 0 aliphatic rings. The van der Waals surface area contributed by atoms with E-state index in [9.17, 15) is 0 Å². The van der Waals surface area contributed by atoms with Crippen LogP contribution in [0.5, 0.6) is 0 Å². The first-order valence-corrected chi connectivity index (χ1v) is 5.77. The van der Waals surface area contributed by atoms with Crippen molar-refractivity contribution in [3.8, 4) is 0 Å². The standard InChI is InChI=1S/C11H17Cl2N3/c1-15(2)4-5-16(3)11-7-9(13)8(12)6-10(11)14/h6-7H,4-5,14H2,1-3H3. The van der Waals surface area contributed by atoms with Gasteiger partial charge in [0.05, 0.1) is 21.4 Å². The van der Waals surface area contributed by atoms with Crippen LogP contribution in [0, 0.1) is 0 Å². The molecule has 3 nitrogen and oxygen atoms in total. The van der Waals surface area contributed by atoms with Crippen LogP contribution in [0.1, 0.15) is 0 Å². The van der Waals surface area contributed by atoms with Crippen LogP contribution >= 0.6 is 23.2 Å². The summed E-state index contributed by atoms with van der Waals surface area (Å²) in [5.41, 5.74) is 7.46. The van der Waals surface area contributed by atoms with Gasteiger partial charge in [0.25, 0.3) is 0 Å². The van der Waals surface area contributed by atoms with E-state index in [-0.39, 0.29) is 0 Å². The molecule has 0 saturated carbocycles. The summed E-state index contributed by atoms with van der Waals surface area (Å²) in [5.74, 6) is 0. The fraction of sp³-hybridized carbons (Fsp3) is 0.455. The molecule has 0 spiro atoms. The van der Waals surface area contributed by atoms with Crippen LogP contribution in [0.2, 0.25) is 10.0 Å². The Labute approximate surface area is 107 Å². The summed E-state index contributed by atoms with van der Waals surface area (Å²) in [7, 11) is 6.05. The van der Waals surface area contributed by atoms with Gasteiger partial charge in [-0.15, -0.1) is 0 Å². The number of halogens is 2. The van der Waals surface area contributed by atoms with Gasteiger partial charge in [-0.05, 0) is 26.2 Å². The van der Waals surface area contributed by atoms with Crippen LogP contribution in [-0.4, -0.2) is 39.1 Å². The Bertz CT molecular complexity index is 366. The van der Waals surface area contributed by atoms with Crippen molar-refractivity contribution >= 4 is 34.6 Å². The van der Waals surface area contributed by atoms with E-state index in [0.717, 1.165) is 18.8 Å². The molecule has 16 heavy (non-hydrogen) atoms. The third-order valence-corrected chi connectivity index (χ3v) is 3.09. The summed E-state index contributed by atoms with van der Waals surface area (Å²) in [6, 6.07) is 3.49. The zero-order chi connectivity index (χ0) is 12.3. The van der Waals surface area contributed by atoms with Crippen molar-refractivity contribution in [2.75, 3.05) is 44.9 Å². The largest absolute Gasteiger partial charge is 0.397 e. The maximum Gasteiger partial charge on any atom is 0.0614 e. The number of anilines is 2. The van der Waals surface area contributed by atoms with Crippen molar-refractivity contribution in [1.29, 1.82) is 0 Å². The van der Waals surface area contributed by atoms with Gasteiger partial charge in [0, 0.05) is 20.1 Å². The lowest BCUT2D eigenvalue weighted by molar-refractivity contribution is 0.416. The first-order chi connectivity index (χ1) is 7.41. The zero-order valence-corrected chi connectivity index (χ0v) is 11.3. The van der Waals surface area contributed by atoms with Gasteiger partial charge in [-0.25, -0.2) is 0 Å². The second-order valence-electron chi connectivity index (χ2n) is 4.05. The highest BCUT2D eigenvalue weighted by molar-refractivity contribution is 6.42. The smallest absolute Gasteiger partial charge is 0.0614 e. The molecule has 0 amide bonds. The lowest BCUT2D eigenvalue weighted by Gasteiger charge is -2.23. The zero-order valence-electron chi connectivity index (χ0n) is 9.80. The molecule has 0 unspecified atom stereocenters. The number of nitrogens with zero attached hydrogens (tertiary/aromatic N) is 2. The van der Waals surface area contributed by atoms with Crippen LogP contribution in [-0.2, 0) is 0 Å². The monoisotopic (exact) mass is 261 g/mol. The molecule has 0 bridgehead atoms. The number of benzene rings is 1. The molecule has 0 atom stereocenters. The Morgan fingerprint density at radius 3 is 2.19 bits per heavy atom. The van der Waals surface area contributed by atoms with Crippen LogP contribution in [0.4, 0.5) is 11.4 Å². The Kier molecular flexibility index (Phi) is 4.71. The van der Waals surface area contributed by atoms with E-state index in [0.29, 0.717) is 15.7 Å². The quantitative estimate of drug-likeness (QED) is 0.846. The molecule has 0 heterocycles. The Hall–Kier alpha value is -0.640. The Morgan fingerprint density at radius 1 is 1.06 bits per heavy atom. The highest BCUT2D eigenvalue weighted by Gasteiger charge is 2.09. The minimum absolute atomic E-state index is 0.490. The second kappa shape index (κ2) is 5.62. The van der Waals surface area contributed by atoms with E-state index >= 15 is 0 Å². The van der Waals surface area contributed by atoms with Crippen molar-refractivity contribution in [1.82, 2.24) is 4.90 Å². The molecular formula is C11H17Cl2N3. The van der Waals surface area contributed by atoms with Crippen molar-refractivity contribution in [3.63, 3.8) is 0 Å². The molecule has 2 N–H and O–H groups in total. The third kappa shape index (κ3) is 3.44. The van der Waals surface area contributed by atoms with Gasteiger partial charge in [-0.3, -0.25) is 0 Å². The summed E-state index contributed by atoms with van der Waals surface area (Å²) >= 11 is 11.8. The number of likely N-dealkylation sites (N-methyl/N-ethyl adjacent to an activating group) is 2. The number of rotatable bonds is 4. The third-order valence-electron chi connectivity index (χ3n) is 2.36. The number of hydrogen-bond donors (Lipinski definition) is 1. The molecule has 0 fully saturated rings. The van der Waals surface area contributed by atoms with Gasteiger partial charge in [0.1, 0.15) is 0 Å². The average Bonchev–Trinajstić information content (AvgIpc) is 2.20.